The first kappa shape index (κ1) is 17.4. The van der Waals surface area contributed by atoms with Crippen LogP contribution in [0.25, 0.3) is 0 Å². The molecule has 9 heteroatoms. The summed E-state index contributed by atoms with van der Waals surface area (Å²) in [6.45, 7) is 0.428. The van der Waals surface area contributed by atoms with Crippen LogP contribution in [-0.2, 0) is 9.59 Å². The third-order valence-electron chi connectivity index (χ3n) is 3.10. The monoisotopic (exact) mass is 345 g/mol. The van der Waals surface area contributed by atoms with Crippen LogP contribution in [0.5, 0.6) is 0 Å². The summed E-state index contributed by atoms with van der Waals surface area (Å²) in [7, 11) is 0. The molecule has 1 aliphatic heterocycles. The Morgan fingerprint density at radius 3 is 2.67 bits per heavy atom. The zero-order valence-corrected chi connectivity index (χ0v) is 13.4. The lowest BCUT2D eigenvalue weighted by molar-refractivity contribution is -0.124. The second-order valence-electron chi connectivity index (χ2n) is 4.80. The number of nitrogens with two attached hydrogens (primary N) is 1. The minimum absolute atomic E-state index is 0.125. The maximum atomic E-state index is 12.0. The van der Waals surface area contributed by atoms with Crippen LogP contribution >= 0.6 is 11.8 Å². The average molecular weight is 345 g/mol. The largest absolute Gasteiger partial charge is 0.399 e. The zero-order valence-electron chi connectivity index (χ0n) is 12.6. The number of carbonyl (C=O) groups is 3. The standard InChI is InChI=1S/C15H15N5O3S/c16-7-10(14(22)19-12-3-1-11(17)2-4-12)8-18-5-6-20-13(21)9-24-15(20)23/h1-4,8,18H,5-6,9,17H2,(H,19,22)/b10-8-. The summed E-state index contributed by atoms with van der Waals surface area (Å²) in [5.74, 6) is -0.654. The molecule has 4 N–H and O–H groups in total. The minimum atomic E-state index is -0.571. The third kappa shape index (κ3) is 4.50. The molecule has 0 atom stereocenters. The molecule has 0 saturated carbocycles. The number of benzene rings is 1. The van der Waals surface area contributed by atoms with Gasteiger partial charge in [-0.05, 0) is 24.3 Å². The Bertz CT molecular complexity index is 708. The van der Waals surface area contributed by atoms with Gasteiger partial charge in [0.05, 0.1) is 5.75 Å². The van der Waals surface area contributed by atoms with E-state index in [0.717, 1.165) is 16.7 Å². The van der Waals surface area contributed by atoms with Gasteiger partial charge >= 0.3 is 0 Å². The lowest BCUT2D eigenvalue weighted by atomic mass is 10.2. The maximum Gasteiger partial charge on any atom is 0.288 e. The van der Waals surface area contributed by atoms with Crippen LogP contribution in [0.3, 0.4) is 0 Å². The fourth-order valence-corrected chi connectivity index (χ4v) is 2.61. The molecule has 0 bridgehead atoms. The number of nitriles is 1. The second kappa shape index (κ2) is 8.03. The van der Waals surface area contributed by atoms with Gasteiger partial charge in [-0.25, -0.2) is 0 Å². The van der Waals surface area contributed by atoms with E-state index >= 15 is 0 Å². The lowest BCUT2D eigenvalue weighted by Crippen LogP contribution is -2.34. The SMILES string of the molecule is N#C/C(=C/NCCN1C(=O)CSC1=O)C(=O)Nc1ccc(N)cc1. The molecule has 0 aliphatic carbocycles. The number of nitrogens with one attached hydrogen (secondary N) is 2. The molecule has 124 valence electrons. The number of amides is 3. The Morgan fingerprint density at radius 1 is 1.38 bits per heavy atom. The Balaban J connectivity index is 1.86. The van der Waals surface area contributed by atoms with Crippen LogP contribution in [0.4, 0.5) is 16.2 Å². The molecule has 24 heavy (non-hydrogen) atoms. The first-order valence-electron chi connectivity index (χ1n) is 6.99. The van der Waals surface area contributed by atoms with E-state index in [1.165, 1.54) is 6.20 Å². The molecule has 0 spiro atoms. The van der Waals surface area contributed by atoms with Crippen molar-refractivity contribution in [2.24, 2.45) is 0 Å². The van der Waals surface area contributed by atoms with Gasteiger partial charge in [-0.3, -0.25) is 19.3 Å². The molecule has 1 aromatic rings. The van der Waals surface area contributed by atoms with Gasteiger partial charge in [-0.15, -0.1) is 0 Å². The number of carbonyl (C=O) groups excluding carboxylic acids is 3. The summed E-state index contributed by atoms with van der Waals surface area (Å²) in [5, 5.41) is 14.1. The lowest BCUT2D eigenvalue weighted by Gasteiger charge is -2.12. The minimum Gasteiger partial charge on any atom is -0.399 e. The number of imide groups is 1. The van der Waals surface area contributed by atoms with Gasteiger partial charge in [-0.1, -0.05) is 11.8 Å². The highest BCUT2D eigenvalue weighted by atomic mass is 32.2. The van der Waals surface area contributed by atoms with Gasteiger partial charge in [0, 0.05) is 30.7 Å². The molecule has 1 aromatic carbocycles. The number of nitrogens with zero attached hydrogens (tertiary/aromatic N) is 2. The molecular weight excluding hydrogens is 330 g/mol. The predicted octanol–water partition coefficient (Wildman–Crippen LogP) is 0.900. The van der Waals surface area contributed by atoms with Gasteiger partial charge in [0.25, 0.3) is 11.1 Å². The highest BCUT2D eigenvalue weighted by Gasteiger charge is 2.28. The topological polar surface area (TPSA) is 128 Å². The molecule has 1 heterocycles. The molecule has 0 aromatic heterocycles. The fourth-order valence-electron chi connectivity index (χ4n) is 1.86. The summed E-state index contributed by atoms with van der Waals surface area (Å²) in [4.78, 5) is 35.9. The number of nitrogen functional groups attached to an aromatic ring is 1. The van der Waals surface area contributed by atoms with Gasteiger partial charge < -0.3 is 16.4 Å². The Hall–Kier alpha value is -2.99. The van der Waals surface area contributed by atoms with Crippen molar-refractivity contribution in [3.63, 3.8) is 0 Å². The molecule has 8 nitrogen and oxygen atoms in total. The van der Waals surface area contributed by atoms with E-state index in [0.29, 0.717) is 11.4 Å². The second-order valence-corrected chi connectivity index (χ2v) is 5.73. The molecule has 0 radical (unpaired) electrons. The van der Waals surface area contributed by atoms with Gasteiger partial charge in [-0.2, -0.15) is 5.26 Å². The van der Waals surface area contributed by atoms with E-state index in [1.54, 1.807) is 30.3 Å². The normalized spacial score (nSPS) is 14.5. The fraction of sp³-hybridized carbons (Fsp3) is 0.200. The first-order chi connectivity index (χ1) is 11.5. The number of thioether (sulfide) groups is 1. The van der Waals surface area contributed by atoms with Crippen LogP contribution in [0.1, 0.15) is 0 Å². The van der Waals surface area contributed by atoms with Crippen LogP contribution in [-0.4, -0.2) is 40.8 Å². The maximum absolute atomic E-state index is 12.0. The number of hydrogen-bond acceptors (Lipinski definition) is 7. The molecule has 2 rings (SSSR count). The van der Waals surface area contributed by atoms with Crippen molar-refractivity contribution in [1.82, 2.24) is 10.2 Å². The van der Waals surface area contributed by atoms with Crippen LogP contribution in [0, 0.1) is 11.3 Å². The number of rotatable bonds is 6. The Labute approximate surface area is 142 Å². The van der Waals surface area contributed by atoms with Crippen molar-refractivity contribution in [3.8, 4) is 6.07 Å². The number of hydrogen-bond donors (Lipinski definition) is 3. The molecule has 1 saturated heterocycles. The van der Waals surface area contributed by atoms with Crippen molar-refractivity contribution in [2.75, 3.05) is 29.9 Å². The van der Waals surface area contributed by atoms with E-state index in [1.807, 2.05) is 0 Å². The summed E-state index contributed by atoms with van der Waals surface area (Å²) in [5.41, 5.74) is 6.51. The summed E-state index contributed by atoms with van der Waals surface area (Å²) in [6.07, 6.45) is 1.25. The van der Waals surface area contributed by atoms with Crippen molar-refractivity contribution < 1.29 is 14.4 Å². The van der Waals surface area contributed by atoms with Gasteiger partial charge in [0.1, 0.15) is 11.6 Å². The molecular formula is C15H15N5O3S. The van der Waals surface area contributed by atoms with Gasteiger partial charge in [0.15, 0.2) is 0 Å². The van der Waals surface area contributed by atoms with Crippen molar-refractivity contribution in [2.45, 2.75) is 0 Å². The number of anilines is 2. The van der Waals surface area contributed by atoms with Crippen molar-refractivity contribution in [3.05, 3.63) is 36.0 Å². The van der Waals surface area contributed by atoms with E-state index in [-0.39, 0.29) is 35.6 Å². The van der Waals surface area contributed by atoms with E-state index in [2.05, 4.69) is 10.6 Å². The van der Waals surface area contributed by atoms with Crippen molar-refractivity contribution in [1.29, 1.82) is 5.26 Å². The first-order valence-corrected chi connectivity index (χ1v) is 7.97. The van der Waals surface area contributed by atoms with E-state index in [4.69, 9.17) is 11.0 Å². The Kier molecular flexibility index (Phi) is 5.81. The summed E-state index contributed by atoms with van der Waals surface area (Å²) in [6, 6.07) is 8.30. The predicted molar refractivity (Wildman–Crippen MR) is 90.7 cm³/mol. The molecule has 3 amide bonds. The average Bonchev–Trinajstić information content (AvgIpc) is 2.88. The van der Waals surface area contributed by atoms with E-state index < -0.39 is 5.91 Å². The van der Waals surface area contributed by atoms with Crippen molar-refractivity contribution >= 4 is 40.2 Å². The third-order valence-corrected chi connectivity index (χ3v) is 3.96. The smallest absolute Gasteiger partial charge is 0.288 e. The van der Waals surface area contributed by atoms with Crippen LogP contribution < -0.4 is 16.4 Å². The molecule has 0 unspecified atom stereocenters. The quantitative estimate of drug-likeness (QED) is 0.302. The Morgan fingerprint density at radius 2 is 2.08 bits per heavy atom. The summed E-state index contributed by atoms with van der Waals surface area (Å²) >= 11 is 0.958. The van der Waals surface area contributed by atoms with E-state index in [9.17, 15) is 14.4 Å². The highest BCUT2D eigenvalue weighted by Crippen LogP contribution is 2.17. The molecule has 1 aliphatic rings. The van der Waals surface area contributed by atoms with Crippen LogP contribution in [0.15, 0.2) is 36.0 Å². The molecule has 1 fully saturated rings. The summed E-state index contributed by atoms with van der Waals surface area (Å²) < 4.78 is 0. The zero-order chi connectivity index (χ0) is 17.5. The van der Waals surface area contributed by atoms with Crippen LogP contribution in [0.2, 0.25) is 0 Å². The van der Waals surface area contributed by atoms with Gasteiger partial charge in [0.2, 0.25) is 5.91 Å². The highest BCUT2D eigenvalue weighted by molar-refractivity contribution is 8.14.